The van der Waals surface area contributed by atoms with Gasteiger partial charge in [-0.2, -0.15) is 0 Å². The molecule has 1 saturated carbocycles. The van der Waals surface area contributed by atoms with E-state index in [9.17, 15) is 14.0 Å². The summed E-state index contributed by atoms with van der Waals surface area (Å²) in [6.45, 7) is 0.0622. The van der Waals surface area contributed by atoms with Gasteiger partial charge in [-0.15, -0.1) is 0 Å². The molecule has 0 radical (unpaired) electrons. The Morgan fingerprint density at radius 3 is 2.35 bits per heavy atom. The van der Waals surface area contributed by atoms with Crippen LogP contribution in [0.15, 0.2) is 69.9 Å². The van der Waals surface area contributed by atoms with Crippen molar-refractivity contribution < 1.29 is 22.8 Å². The summed E-state index contributed by atoms with van der Waals surface area (Å²) in [5, 5.41) is 3.10. The topological polar surface area (TPSA) is 75.7 Å². The summed E-state index contributed by atoms with van der Waals surface area (Å²) in [6, 6.07) is 11.4. The van der Waals surface area contributed by atoms with Crippen LogP contribution in [0.1, 0.15) is 60.0 Å². The van der Waals surface area contributed by atoms with Crippen molar-refractivity contribution in [3.63, 3.8) is 0 Å². The molecule has 31 heavy (non-hydrogen) atoms. The number of carbonyl (C=O) groups excluding carboxylic acids is 2. The molecule has 2 aromatic heterocycles. The van der Waals surface area contributed by atoms with Gasteiger partial charge < -0.3 is 19.1 Å². The number of nitrogens with zero attached hydrogens (tertiary/aromatic N) is 1. The lowest BCUT2D eigenvalue weighted by molar-refractivity contribution is -0.127. The number of halogens is 1. The zero-order valence-electron chi connectivity index (χ0n) is 17.1. The number of hydrogen-bond acceptors (Lipinski definition) is 4. The Morgan fingerprint density at radius 2 is 1.71 bits per heavy atom. The Kier molecular flexibility index (Phi) is 6.50. The van der Waals surface area contributed by atoms with E-state index in [2.05, 4.69) is 5.32 Å². The van der Waals surface area contributed by atoms with Crippen LogP contribution in [-0.4, -0.2) is 22.8 Å². The summed E-state index contributed by atoms with van der Waals surface area (Å²) in [4.78, 5) is 28.2. The van der Waals surface area contributed by atoms with Gasteiger partial charge in [-0.05, 0) is 54.8 Å². The highest BCUT2D eigenvalue weighted by Gasteiger charge is 2.35. The summed E-state index contributed by atoms with van der Waals surface area (Å²) in [6.07, 6.45) is 8.03. The molecule has 0 spiro atoms. The van der Waals surface area contributed by atoms with Gasteiger partial charge in [-0.25, -0.2) is 4.39 Å². The molecule has 0 saturated heterocycles. The number of furan rings is 2. The lowest BCUT2D eigenvalue weighted by Crippen LogP contribution is -2.46. The third-order valence-corrected chi connectivity index (χ3v) is 5.60. The summed E-state index contributed by atoms with van der Waals surface area (Å²) in [5.74, 6) is -0.522. The fourth-order valence-electron chi connectivity index (χ4n) is 4.04. The van der Waals surface area contributed by atoms with Gasteiger partial charge in [0.15, 0.2) is 5.76 Å². The Morgan fingerprint density at radius 1 is 1.00 bits per heavy atom. The SMILES string of the molecule is O=C(NC1CCCCC1)C(c1ccc(F)cc1)N(Cc1ccco1)C(=O)c1ccco1. The number of carbonyl (C=O) groups is 2. The summed E-state index contributed by atoms with van der Waals surface area (Å²) >= 11 is 0. The van der Waals surface area contributed by atoms with Crippen LogP contribution in [-0.2, 0) is 11.3 Å². The Hall–Kier alpha value is -3.35. The number of hydrogen-bond donors (Lipinski definition) is 1. The van der Waals surface area contributed by atoms with Crippen LogP contribution in [0.4, 0.5) is 4.39 Å². The molecule has 1 fully saturated rings. The normalized spacial score (nSPS) is 15.4. The van der Waals surface area contributed by atoms with E-state index in [4.69, 9.17) is 8.83 Å². The van der Waals surface area contributed by atoms with Crippen LogP contribution < -0.4 is 5.32 Å². The fourth-order valence-corrected chi connectivity index (χ4v) is 4.04. The molecule has 1 aliphatic carbocycles. The molecule has 0 bridgehead atoms. The molecular weight excluding hydrogens is 399 g/mol. The van der Waals surface area contributed by atoms with Crippen molar-refractivity contribution >= 4 is 11.8 Å². The predicted molar refractivity (Wildman–Crippen MR) is 111 cm³/mol. The molecule has 2 heterocycles. The van der Waals surface area contributed by atoms with Gasteiger partial charge in [0.2, 0.25) is 5.91 Å². The van der Waals surface area contributed by atoms with Crippen LogP contribution in [0.3, 0.4) is 0 Å². The molecule has 1 aliphatic rings. The molecule has 3 aromatic rings. The van der Waals surface area contributed by atoms with Crippen LogP contribution in [0.2, 0.25) is 0 Å². The van der Waals surface area contributed by atoms with Crippen molar-refractivity contribution in [1.29, 1.82) is 0 Å². The predicted octanol–water partition coefficient (Wildman–Crippen LogP) is 4.84. The van der Waals surface area contributed by atoms with E-state index >= 15 is 0 Å². The molecular formula is C24H25FN2O4. The van der Waals surface area contributed by atoms with E-state index in [1.165, 1.54) is 41.7 Å². The van der Waals surface area contributed by atoms with Gasteiger partial charge in [-0.3, -0.25) is 9.59 Å². The second kappa shape index (κ2) is 9.64. The average molecular weight is 424 g/mol. The monoisotopic (exact) mass is 424 g/mol. The lowest BCUT2D eigenvalue weighted by atomic mass is 9.94. The number of rotatable bonds is 7. The summed E-state index contributed by atoms with van der Waals surface area (Å²) in [7, 11) is 0. The Labute approximate surface area is 180 Å². The fraction of sp³-hybridized carbons (Fsp3) is 0.333. The summed E-state index contributed by atoms with van der Waals surface area (Å²) < 4.78 is 24.4. The molecule has 1 aromatic carbocycles. The largest absolute Gasteiger partial charge is 0.467 e. The zero-order valence-corrected chi connectivity index (χ0v) is 17.1. The quantitative estimate of drug-likeness (QED) is 0.589. The molecule has 0 aliphatic heterocycles. The third-order valence-electron chi connectivity index (χ3n) is 5.60. The van der Waals surface area contributed by atoms with Crippen LogP contribution in [0.25, 0.3) is 0 Å². The van der Waals surface area contributed by atoms with Crippen LogP contribution >= 0.6 is 0 Å². The van der Waals surface area contributed by atoms with Gasteiger partial charge in [0, 0.05) is 6.04 Å². The second-order valence-corrected chi connectivity index (χ2v) is 7.79. The first-order valence-electron chi connectivity index (χ1n) is 10.5. The highest BCUT2D eigenvalue weighted by molar-refractivity contribution is 5.96. The average Bonchev–Trinajstić information content (AvgIpc) is 3.49. The maximum Gasteiger partial charge on any atom is 0.290 e. The van der Waals surface area contributed by atoms with Crippen molar-refractivity contribution in [2.24, 2.45) is 0 Å². The van der Waals surface area contributed by atoms with E-state index in [1.54, 1.807) is 24.3 Å². The molecule has 1 atom stereocenters. The number of amides is 2. The standard InChI is InChI=1S/C24H25FN2O4/c25-18-12-10-17(11-13-18)22(23(28)26-19-6-2-1-3-7-19)27(16-20-8-4-14-30-20)24(29)21-9-5-15-31-21/h4-5,8-15,19,22H,1-3,6-7,16H2,(H,26,28). The molecule has 1 unspecified atom stereocenters. The Bertz CT molecular complexity index is 977. The van der Waals surface area contributed by atoms with Crippen LogP contribution in [0, 0.1) is 5.82 Å². The van der Waals surface area contributed by atoms with Gasteiger partial charge in [0.05, 0.1) is 19.1 Å². The first kappa shape index (κ1) is 20.9. The van der Waals surface area contributed by atoms with Crippen LogP contribution in [0.5, 0.6) is 0 Å². The number of benzene rings is 1. The highest BCUT2D eigenvalue weighted by Crippen LogP contribution is 2.28. The molecule has 1 N–H and O–H groups in total. The number of nitrogens with one attached hydrogen (secondary N) is 1. The molecule has 7 heteroatoms. The molecule has 6 nitrogen and oxygen atoms in total. The van der Waals surface area contributed by atoms with E-state index < -0.39 is 17.8 Å². The maximum absolute atomic E-state index is 13.6. The third kappa shape index (κ3) is 5.05. The Balaban J connectivity index is 1.70. The summed E-state index contributed by atoms with van der Waals surface area (Å²) in [5.41, 5.74) is 0.515. The van der Waals surface area contributed by atoms with E-state index in [1.807, 2.05) is 0 Å². The minimum absolute atomic E-state index is 0.0622. The molecule has 2 amide bonds. The smallest absolute Gasteiger partial charge is 0.290 e. The lowest BCUT2D eigenvalue weighted by Gasteiger charge is -2.32. The molecule has 4 rings (SSSR count). The minimum atomic E-state index is -0.967. The van der Waals surface area contributed by atoms with Crippen molar-refractivity contribution in [3.8, 4) is 0 Å². The van der Waals surface area contributed by atoms with Crippen molar-refractivity contribution in [3.05, 3.63) is 84.0 Å². The van der Waals surface area contributed by atoms with Gasteiger partial charge in [-0.1, -0.05) is 31.4 Å². The first-order chi connectivity index (χ1) is 15.1. The van der Waals surface area contributed by atoms with Crippen molar-refractivity contribution in [1.82, 2.24) is 10.2 Å². The minimum Gasteiger partial charge on any atom is -0.467 e. The van der Waals surface area contributed by atoms with E-state index in [0.29, 0.717) is 11.3 Å². The van der Waals surface area contributed by atoms with Crippen molar-refractivity contribution in [2.75, 3.05) is 0 Å². The highest BCUT2D eigenvalue weighted by atomic mass is 19.1. The van der Waals surface area contributed by atoms with E-state index in [-0.39, 0.29) is 24.3 Å². The zero-order chi connectivity index (χ0) is 21.6. The molecule has 162 valence electrons. The van der Waals surface area contributed by atoms with E-state index in [0.717, 1.165) is 32.1 Å². The maximum atomic E-state index is 13.6. The second-order valence-electron chi connectivity index (χ2n) is 7.79. The van der Waals surface area contributed by atoms with Gasteiger partial charge in [0.1, 0.15) is 17.6 Å². The van der Waals surface area contributed by atoms with Gasteiger partial charge >= 0.3 is 0 Å². The van der Waals surface area contributed by atoms with Crippen molar-refractivity contribution in [2.45, 2.75) is 50.7 Å². The van der Waals surface area contributed by atoms with Gasteiger partial charge in [0.25, 0.3) is 5.91 Å². The first-order valence-corrected chi connectivity index (χ1v) is 10.5.